The van der Waals surface area contributed by atoms with Crippen molar-refractivity contribution >= 4 is 34.7 Å². The minimum absolute atomic E-state index is 0.177. The lowest BCUT2D eigenvalue weighted by Gasteiger charge is -2.36. The van der Waals surface area contributed by atoms with Crippen LogP contribution >= 0.6 is 0 Å². The second kappa shape index (κ2) is 7.05. The van der Waals surface area contributed by atoms with Crippen LogP contribution in [0.4, 0.5) is 0 Å². The summed E-state index contributed by atoms with van der Waals surface area (Å²) >= 11 is 0. The van der Waals surface area contributed by atoms with Gasteiger partial charge in [-0.05, 0) is 23.8 Å². The number of nitrogens with one attached hydrogen (secondary N) is 1. The summed E-state index contributed by atoms with van der Waals surface area (Å²) in [6.45, 7) is 2.78. The molecular formula is C24H20N2O6. The topological polar surface area (TPSA) is 106 Å². The summed E-state index contributed by atoms with van der Waals surface area (Å²) in [5, 5.41) is 0.777. The number of H-pyrrole nitrogens is 1. The Labute approximate surface area is 183 Å². The number of rotatable bonds is 4. The fraction of sp³-hybridized carbons (Fsp3) is 0.250. The first-order valence-electron chi connectivity index (χ1n) is 10.2. The summed E-state index contributed by atoms with van der Waals surface area (Å²) in [5.74, 6) is -6.00. The Balaban J connectivity index is 1.59. The number of para-hydroxylation sites is 1. The number of fused-ring (bicyclic) bond motifs is 2. The molecule has 2 aliphatic heterocycles. The summed E-state index contributed by atoms with van der Waals surface area (Å²) in [7, 11) is 0. The fourth-order valence-electron chi connectivity index (χ4n) is 4.44. The van der Waals surface area contributed by atoms with Crippen molar-refractivity contribution in [3.05, 3.63) is 71.4 Å². The highest BCUT2D eigenvalue weighted by Crippen LogP contribution is 2.38. The molecule has 2 aromatic carbocycles. The van der Waals surface area contributed by atoms with Crippen LogP contribution in [0.3, 0.4) is 0 Å². The zero-order chi connectivity index (χ0) is 22.6. The second-order valence-electron chi connectivity index (χ2n) is 8.38. The maximum Gasteiger partial charge on any atom is 0.324 e. The third kappa shape index (κ3) is 3.07. The predicted octanol–water partition coefficient (Wildman–Crippen LogP) is 3.00. The van der Waals surface area contributed by atoms with Gasteiger partial charge in [-0.2, -0.15) is 0 Å². The summed E-state index contributed by atoms with van der Waals surface area (Å²) < 4.78 is 10.7. The van der Waals surface area contributed by atoms with Gasteiger partial charge < -0.3 is 14.5 Å². The van der Waals surface area contributed by atoms with Gasteiger partial charge in [0.25, 0.3) is 17.6 Å². The smallest absolute Gasteiger partial charge is 0.324 e. The van der Waals surface area contributed by atoms with Crippen LogP contribution in [0.5, 0.6) is 0 Å². The quantitative estimate of drug-likeness (QED) is 0.386. The van der Waals surface area contributed by atoms with E-state index in [2.05, 4.69) is 4.98 Å². The van der Waals surface area contributed by atoms with Gasteiger partial charge in [0.1, 0.15) is 0 Å². The van der Waals surface area contributed by atoms with E-state index in [-0.39, 0.29) is 6.54 Å². The zero-order valence-corrected chi connectivity index (χ0v) is 17.5. The number of cyclic esters (lactones) is 2. The van der Waals surface area contributed by atoms with E-state index in [1.54, 1.807) is 30.5 Å². The summed E-state index contributed by atoms with van der Waals surface area (Å²) in [6, 6.07) is 13.9. The van der Waals surface area contributed by atoms with E-state index < -0.39 is 41.4 Å². The Morgan fingerprint density at radius 2 is 1.47 bits per heavy atom. The Kier molecular flexibility index (Phi) is 4.40. The number of nitrogens with zero attached hydrogens (tertiary/aromatic N) is 1. The molecule has 0 radical (unpaired) electrons. The van der Waals surface area contributed by atoms with Crippen molar-refractivity contribution in [3.8, 4) is 0 Å². The molecule has 1 saturated heterocycles. The number of hydrogen-bond donors (Lipinski definition) is 1. The van der Waals surface area contributed by atoms with Gasteiger partial charge in [-0.25, -0.2) is 0 Å². The molecule has 162 valence electrons. The number of aromatic nitrogens is 1. The highest BCUT2D eigenvalue weighted by molar-refractivity contribution is 6.21. The zero-order valence-electron chi connectivity index (χ0n) is 17.5. The van der Waals surface area contributed by atoms with E-state index in [4.69, 9.17) is 9.47 Å². The molecule has 1 aromatic heterocycles. The van der Waals surface area contributed by atoms with Crippen LogP contribution in [0.1, 0.15) is 46.0 Å². The van der Waals surface area contributed by atoms with Gasteiger partial charge in [-0.3, -0.25) is 24.1 Å². The van der Waals surface area contributed by atoms with Gasteiger partial charge in [0.2, 0.25) is 0 Å². The van der Waals surface area contributed by atoms with Crippen molar-refractivity contribution in [3.63, 3.8) is 0 Å². The molecule has 1 N–H and O–H groups in total. The molecule has 1 fully saturated rings. The molecule has 1 unspecified atom stereocenters. The Morgan fingerprint density at radius 3 is 2.09 bits per heavy atom. The molecule has 3 heterocycles. The SMILES string of the molecule is CC1(C)OC(=O)C(C(CN2C(=O)c3ccccc3C2=O)c2c[nH]c3ccccc23)C(=O)O1. The Hall–Kier alpha value is -3.94. The second-order valence-corrected chi connectivity index (χ2v) is 8.38. The van der Waals surface area contributed by atoms with Crippen LogP contribution in [-0.4, -0.2) is 46.0 Å². The van der Waals surface area contributed by atoms with Crippen LogP contribution in [0.2, 0.25) is 0 Å². The van der Waals surface area contributed by atoms with Gasteiger partial charge in [0.05, 0.1) is 11.1 Å². The molecule has 0 bridgehead atoms. The number of hydrogen-bond acceptors (Lipinski definition) is 6. The van der Waals surface area contributed by atoms with Crippen molar-refractivity contribution in [1.82, 2.24) is 9.88 Å². The lowest BCUT2D eigenvalue weighted by atomic mass is 9.84. The maximum absolute atomic E-state index is 13.0. The largest absolute Gasteiger partial charge is 0.422 e. The monoisotopic (exact) mass is 432 g/mol. The van der Waals surface area contributed by atoms with Crippen LogP contribution in [0.15, 0.2) is 54.7 Å². The third-order valence-electron chi connectivity index (χ3n) is 5.88. The van der Waals surface area contributed by atoms with E-state index in [1.165, 1.54) is 13.8 Å². The normalized spacial score (nSPS) is 19.1. The van der Waals surface area contributed by atoms with Crippen molar-refractivity contribution in [2.45, 2.75) is 25.6 Å². The average molecular weight is 432 g/mol. The first-order valence-corrected chi connectivity index (χ1v) is 10.2. The van der Waals surface area contributed by atoms with Gasteiger partial charge in [0.15, 0.2) is 5.92 Å². The molecule has 0 saturated carbocycles. The summed E-state index contributed by atoms with van der Waals surface area (Å²) in [5.41, 5.74) is 2.01. The maximum atomic E-state index is 13.0. The molecule has 2 amide bonds. The van der Waals surface area contributed by atoms with Crippen LogP contribution in [0.25, 0.3) is 10.9 Å². The minimum Gasteiger partial charge on any atom is -0.422 e. The number of benzene rings is 2. The lowest BCUT2D eigenvalue weighted by Crippen LogP contribution is -2.50. The van der Waals surface area contributed by atoms with Crippen LogP contribution < -0.4 is 0 Å². The molecule has 32 heavy (non-hydrogen) atoms. The number of imide groups is 1. The summed E-state index contributed by atoms with van der Waals surface area (Å²) in [6.07, 6.45) is 1.69. The van der Waals surface area contributed by atoms with Gasteiger partial charge in [-0.1, -0.05) is 30.3 Å². The molecule has 3 aromatic rings. The van der Waals surface area contributed by atoms with Crippen LogP contribution in [-0.2, 0) is 19.1 Å². The first-order chi connectivity index (χ1) is 15.3. The number of esters is 2. The van der Waals surface area contributed by atoms with E-state index in [0.717, 1.165) is 15.8 Å². The molecule has 1 atom stereocenters. The van der Waals surface area contributed by atoms with E-state index in [1.807, 2.05) is 24.3 Å². The lowest BCUT2D eigenvalue weighted by molar-refractivity contribution is -0.241. The van der Waals surface area contributed by atoms with Gasteiger partial charge >= 0.3 is 11.9 Å². The number of amides is 2. The molecule has 8 heteroatoms. The van der Waals surface area contributed by atoms with Gasteiger partial charge in [0, 0.05) is 43.4 Å². The minimum atomic E-state index is -1.38. The fourth-order valence-corrected chi connectivity index (χ4v) is 4.44. The van der Waals surface area contributed by atoms with Crippen molar-refractivity contribution < 1.29 is 28.7 Å². The highest BCUT2D eigenvalue weighted by Gasteiger charge is 2.50. The van der Waals surface area contributed by atoms with Crippen LogP contribution in [0, 0.1) is 5.92 Å². The van der Waals surface area contributed by atoms with E-state index in [9.17, 15) is 19.2 Å². The number of carbonyl (C=O) groups excluding carboxylic acids is 4. The predicted molar refractivity (Wildman–Crippen MR) is 113 cm³/mol. The van der Waals surface area contributed by atoms with Crippen molar-refractivity contribution in [2.24, 2.45) is 5.92 Å². The molecule has 5 rings (SSSR count). The van der Waals surface area contributed by atoms with E-state index >= 15 is 0 Å². The highest BCUT2D eigenvalue weighted by atomic mass is 16.7. The van der Waals surface area contributed by atoms with Crippen molar-refractivity contribution in [2.75, 3.05) is 6.54 Å². The van der Waals surface area contributed by atoms with Crippen molar-refractivity contribution in [1.29, 1.82) is 0 Å². The Morgan fingerprint density at radius 1 is 0.906 bits per heavy atom. The standard InChI is InChI=1S/C24H20N2O6/c1-24(2)31-22(29)19(23(30)32-24)17(16-11-25-18-10-6-5-7-13(16)18)12-26-20(27)14-8-3-4-9-15(14)21(26)28/h3-11,17,19,25H,12H2,1-2H3. The Bertz CT molecular complexity index is 1240. The van der Waals surface area contributed by atoms with Gasteiger partial charge in [-0.15, -0.1) is 0 Å². The molecule has 2 aliphatic rings. The molecule has 0 spiro atoms. The molecular weight excluding hydrogens is 412 g/mol. The number of ether oxygens (including phenoxy) is 2. The average Bonchev–Trinajstić information content (AvgIpc) is 3.27. The number of carbonyl (C=O) groups is 4. The van der Waals surface area contributed by atoms with E-state index in [0.29, 0.717) is 16.7 Å². The molecule has 8 nitrogen and oxygen atoms in total. The first kappa shape index (κ1) is 20.0. The summed E-state index contributed by atoms with van der Waals surface area (Å²) in [4.78, 5) is 56.0. The molecule has 0 aliphatic carbocycles. The third-order valence-corrected chi connectivity index (χ3v) is 5.88. The number of aromatic amines is 1.